The number of rotatable bonds is 6. The highest BCUT2D eigenvalue weighted by atomic mass is 16.7. The van der Waals surface area contributed by atoms with Gasteiger partial charge in [0, 0.05) is 5.56 Å². The van der Waals surface area contributed by atoms with Crippen LogP contribution in [0.25, 0.3) is 0 Å². The van der Waals surface area contributed by atoms with E-state index in [4.69, 9.17) is 25.7 Å². The highest BCUT2D eigenvalue weighted by molar-refractivity contribution is 5.96. The Morgan fingerprint density at radius 3 is 2.64 bits per heavy atom. The monoisotopic (exact) mass is 391 g/mol. The fourth-order valence-electron chi connectivity index (χ4n) is 4.05. The zero-order valence-electron chi connectivity index (χ0n) is 16.4. The van der Waals surface area contributed by atoms with Crippen molar-refractivity contribution in [3.05, 3.63) is 29.3 Å². The Bertz CT molecular complexity index is 735. The van der Waals surface area contributed by atoms with E-state index in [0.717, 1.165) is 36.8 Å². The van der Waals surface area contributed by atoms with Gasteiger partial charge in [0.1, 0.15) is 11.9 Å². The van der Waals surface area contributed by atoms with E-state index in [1.54, 1.807) is 24.3 Å². The van der Waals surface area contributed by atoms with Crippen molar-refractivity contribution >= 4 is 11.8 Å². The second-order valence-corrected chi connectivity index (χ2v) is 7.65. The fraction of sp³-hybridized carbons (Fsp3) is 0.600. The number of carboxylic acid groups (broad SMARTS) is 1. The number of amidine groups is 1. The van der Waals surface area contributed by atoms with Crippen molar-refractivity contribution < 1.29 is 24.3 Å². The molecule has 3 rings (SSSR count). The van der Waals surface area contributed by atoms with E-state index >= 15 is 0 Å². The Labute approximate surface area is 165 Å². The van der Waals surface area contributed by atoms with Crippen LogP contribution in [0.5, 0.6) is 5.75 Å². The SMILES string of the molecule is CON(C(=N)c1ccc2c(c1)CCC(C(C)(ON)C(=O)O)O2)C1CCCCC1. The summed E-state index contributed by atoms with van der Waals surface area (Å²) >= 11 is 0. The maximum atomic E-state index is 11.5. The van der Waals surface area contributed by atoms with Gasteiger partial charge in [-0.2, -0.15) is 0 Å². The predicted molar refractivity (Wildman–Crippen MR) is 103 cm³/mol. The molecule has 8 heteroatoms. The summed E-state index contributed by atoms with van der Waals surface area (Å²) in [6.07, 6.45) is 5.99. The van der Waals surface area contributed by atoms with E-state index in [-0.39, 0.29) is 6.04 Å². The average molecular weight is 391 g/mol. The highest BCUT2D eigenvalue weighted by Crippen LogP contribution is 2.34. The highest BCUT2D eigenvalue weighted by Gasteiger charge is 2.46. The maximum Gasteiger partial charge on any atom is 0.341 e. The Balaban J connectivity index is 1.77. The van der Waals surface area contributed by atoms with E-state index in [2.05, 4.69) is 0 Å². The summed E-state index contributed by atoms with van der Waals surface area (Å²) in [5.41, 5.74) is 0.0731. The van der Waals surface area contributed by atoms with Gasteiger partial charge in [-0.3, -0.25) is 15.1 Å². The van der Waals surface area contributed by atoms with Gasteiger partial charge in [-0.15, -0.1) is 0 Å². The minimum Gasteiger partial charge on any atom is -0.486 e. The minimum atomic E-state index is -1.61. The van der Waals surface area contributed by atoms with E-state index < -0.39 is 17.7 Å². The molecule has 1 heterocycles. The Kier molecular flexibility index (Phi) is 6.22. The number of nitrogens with one attached hydrogen (secondary N) is 1. The van der Waals surface area contributed by atoms with Gasteiger partial charge in [0.25, 0.3) is 0 Å². The number of aryl methyl sites for hydroxylation is 1. The summed E-state index contributed by atoms with van der Waals surface area (Å²) in [6, 6.07) is 5.73. The Hall–Kier alpha value is -2.16. The van der Waals surface area contributed by atoms with Gasteiger partial charge in [0.2, 0.25) is 5.60 Å². The zero-order valence-corrected chi connectivity index (χ0v) is 16.4. The number of ether oxygens (including phenoxy) is 1. The van der Waals surface area contributed by atoms with Gasteiger partial charge in [-0.1, -0.05) is 19.3 Å². The molecule has 2 aliphatic rings. The summed E-state index contributed by atoms with van der Waals surface area (Å²) in [4.78, 5) is 21.8. The lowest BCUT2D eigenvalue weighted by Crippen LogP contribution is -2.54. The first-order chi connectivity index (χ1) is 13.4. The van der Waals surface area contributed by atoms with E-state index in [1.807, 2.05) is 6.07 Å². The molecule has 1 saturated carbocycles. The van der Waals surface area contributed by atoms with Crippen LogP contribution in [0.3, 0.4) is 0 Å². The largest absolute Gasteiger partial charge is 0.486 e. The van der Waals surface area contributed by atoms with Crippen LogP contribution in [0.2, 0.25) is 0 Å². The molecule has 28 heavy (non-hydrogen) atoms. The summed E-state index contributed by atoms with van der Waals surface area (Å²) in [5.74, 6) is 5.00. The number of aliphatic carboxylic acids is 1. The lowest BCUT2D eigenvalue weighted by Gasteiger charge is -2.36. The number of benzene rings is 1. The number of hydroxylamine groups is 2. The summed E-state index contributed by atoms with van der Waals surface area (Å²) < 4.78 is 5.89. The molecule has 1 aromatic rings. The van der Waals surface area contributed by atoms with Crippen molar-refractivity contribution in [2.24, 2.45) is 5.90 Å². The first kappa shape index (κ1) is 20.6. The number of hydrogen-bond donors (Lipinski definition) is 3. The number of nitrogens with zero attached hydrogens (tertiary/aromatic N) is 1. The van der Waals surface area contributed by atoms with Gasteiger partial charge in [0.05, 0.1) is 13.2 Å². The average Bonchev–Trinajstić information content (AvgIpc) is 2.73. The third-order valence-corrected chi connectivity index (χ3v) is 5.89. The van der Waals surface area contributed by atoms with E-state index in [1.165, 1.54) is 13.3 Å². The van der Waals surface area contributed by atoms with Crippen LogP contribution in [-0.2, 0) is 20.9 Å². The first-order valence-corrected chi connectivity index (χ1v) is 9.74. The molecule has 1 aliphatic heterocycles. The second kappa shape index (κ2) is 8.46. The standard InChI is InChI=1S/C20H29N3O5/c1-20(28-22,19(24)25)17-11-9-13-12-14(8-10-16(13)27-17)18(21)23(26-2)15-6-4-3-5-7-15/h8,10,12,15,17,21H,3-7,9,11,22H2,1-2H3,(H,24,25). The molecule has 2 unspecified atom stereocenters. The topological polar surface area (TPSA) is 118 Å². The van der Waals surface area contributed by atoms with Crippen LogP contribution >= 0.6 is 0 Å². The summed E-state index contributed by atoms with van der Waals surface area (Å²) in [5, 5.41) is 19.7. The fourth-order valence-corrected chi connectivity index (χ4v) is 4.05. The molecule has 0 aromatic heterocycles. The molecule has 0 bridgehead atoms. The predicted octanol–water partition coefficient (Wildman–Crippen LogP) is 2.64. The van der Waals surface area contributed by atoms with Crippen LogP contribution in [0, 0.1) is 5.41 Å². The number of fused-ring (bicyclic) bond motifs is 1. The lowest BCUT2D eigenvalue weighted by atomic mass is 9.90. The molecule has 0 amide bonds. The van der Waals surface area contributed by atoms with Crippen molar-refractivity contribution in [2.75, 3.05) is 7.11 Å². The van der Waals surface area contributed by atoms with Crippen LogP contribution in [0.15, 0.2) is 18.2 Å². The van der Waals surface area contributed by atoms with Crippen molar-refractivity contribution in [3.8, 4) is 5.75 Å². The number of carbonyl (C=O) groups is 1. The molecular weight excluding hydrogens is 362 g/mol. The van der Waals surface area contributed by atoms with E-state index in [0.29, 0.717) is 24.4 Å². The Morgan fingerprint density at radius 1 is 1.32 bits per heavy atom. The first-order valence-electron chi connectivity index (χ1n) is 9.74. The molecule has 1 fully saturated rings. The second-order valence-electron chi connectivity index (χ2n) is 7.65. The van der Waals surface area contributed by atoms with Gasteiger partial charge in [-0.05, 0) is 56.4 Å². The minimum absolute atomic E-state index is 0.223. The smallest absolute Gasteiger partial charge is 0.341 e. The Morgan fingerprint density at radius 2 is 2.04 bits per heavy atom. The molecular formula is C20H29N3O5. The third-order valence-electron chi connectivity index (χ3n) is 5.89. The zero-order chi connectivity index (χ0) is 20.3. The number of hydrogen-bond acceptors (Lipinski definition) is 6. The molecule has 0 radical (unpaired) electrons. The van der Waals surface area contributed by atoms with Gasteiger partial charge >= 0.3 is 5.97 Å². The number of nitrogens with two attached hydrogens (primary N) is 1. The molecule has 1 aliphatic carbocycles. The number of carboxylic acids is 1. The van der Waals surface area contributed by atoms with E-state index in [9.17, 15) is 9.90 Å². The van der Waals surface area contributed by atoms with Crippen molar-refractivity contribution in [1.82, 2.24) is 5.06 Å². The van der Waals surface area contributed by atoms with Crippen LogP contribution in [0.4, 0.5) is 0 Å². The van der Waals surface area contributed by atoms with Crippen molar-refractivity contribution in [1.29, 1.82) is 5.41 Å². The van der Waals surface area contributed by atoms with Crippen LogP contribution in [-0.4, -0.2) is 46.8 Å². The van der Waals surface area contributed by atoms with Gasteiger partial charge < -0.3 is 9.84 Å². The third kappa shape index (κ3) is 3.85. The van der Waals surface area contributed by atoms with Crippen LogP contribution in [0.1, 0.15) is 56.6 Å². The molecule has 1 aromatic carbocycles. The molecule has 0 spiro atoms. The summed E-state index contributed by atoms with van der Waals surface area (Å²) in [7, 11) is 1.61. The quantitative estimate of drug-likeness (QED) is 0.387. The van der Waals surface area contributed by atoms with Gasteiger partial charge in [-0.25, -0.2) is 15.8 Å². The maximum absolute atomic E-state index is 11.5. The van der Waals surface area contributed by atoms with Crippen molar-refractivity contribution in [2.45, 2.75) is 69.6 Å². The molecule has 2 atom stereocenters. The molecule has 4 N–H and O–H groups in total. The lowest BCUT2D eigenvalue weighted by molar-refractivity contribution is -0.179. The van der Waals surface area contributed by atoms with Crippen molar-refractivity contribution in [3.63, 3.8) is 0 Å². The molecule has 8 nitrogen and oxygen atoms in total. The molecule has 0 saturated heterocycles. The molecule has 154 valence electrons. The summed E-state index contributed by atoms with van der Waals surface area (Å²) in [6.45, 7) is 1.41. The normalized spacial score (nSPS) is 21.9. The van der Waals surface area contributed by atoms with Gasteiger partial charge in [0.15, 0.2) is 5.84 Å². The van der Waals surface area contributed by atoms with Crippen LogP contribution < -0.4 is 10.6 Å².